The molecule has 0 unspecified atom stereocenters. The first-order valence-electron chi connectivity index (χ1n) is 2.68. The molecule has 0 aliphatic carbocycles. The molecular weight excluding hydrogens is 312 g/mol. The maximum absolute atomic E-state index is 8.83. The van der Waals surface area contributed by atoms with Gasteiger partial charge >= 0.3 is 0 Å². The Bertz CT molecular complexity index is 173. The van der Waals surface area contributed by atoms with Crippen LogP contribution in [0.3, 0.4) is 0 Å². The van der Waals surface area contributed by atoms with E-state index in [0.29, 0.717) is 0 Å². The summed E-state index contributed by atoms with van der Waals surface area (Å²) in [5.74, 6) is 0.208. The van der Waals surface area contributed by atoms with Crippen molar-refractivity contribution in [1.29, 1.82) is 0 Å². The fraction of sp³-hybridized carbons (Fsp3) is 0.125. The zero-order valence-corrected chi connectivity index (χ0v) is 9.47. The number of aryl methyl sites for hydroxylation is 1. The number of phenols is 2. The van der Waals surface area contributed by atoms with Crippen molar-refractivity contribution in [2.75, 3.05) is 0 Å². The van der Waals surface area contributed by atoms with Crippen molar-refractivity contribution < 1.29 is 31.3 Å². The summed E-state index contributed by atoms with van der Waals surface area (Å²) in [6.45, 7) is 1.80. The van der Waals surface area contributed by atoms with E-state index in [1.54, 1.807) is 19.1 Å². The van der Waals surface area contributed by atoms with E-state index >= 15 is 0 Å². The first-order chi connectivity index (χ1) is 4.18. The first-order valence-corrected chi connectivity index (χ1v) is 2.68. The molecule has 0 aromatic heterocycles. The average Bonchev–Trinajstić information content (AvgIpc) is 1.59. The quantitative estimate of drug-likeness (QED) is 0.716. The van der Waals surface area contributed by atoms with Gasteiger partial charge in [0.25, 0.3) is 0 Å². The molecule has 1 aromatic rings. The molecule has 0 spiro atoms. The zero-order chi connectivity index (χ0) is 6.85. The summed E-state index contributed by atoms with van der Waals surface area (Å²) >= 11 is 0. The fourth-order valence-electron chi connectivity index (χ4n) is 0.743. The topological polar surface area (TPSA) is 40.5 Å². The van der Waals surface area contributed by atoms with Crippen molar-refractivity contribution >= 4 is 0 Å². The van der Waals surface area contributed by atoms with E-state index in [-0.39, 0.29) is 40.0 Å². The second kappa shape index (κ2) is 5.20. The number of benzene rings is 1. The normalized spacial score (nSPS) is 7.73. The average molecular weight is 323 g/mol. The van der Waals surface area contributed by atoms with Crippen LogP contribution in [0.5, 0.6) is 11.5 Å². The van der Waals surface area contributed by atoms with Crippen LogP contribution in [0.15, 0.2) is 18.2 Å². The van der Waals surface area contributed by atoms with Crippen LogP contribution >= 0.6 is 0 Å². The molecule has 0 radical (unpaired) electrons. The van der Waals surface area contributed by atoms with Crippen LogP contribution < -0.4 is 0 Å². The molecule has 0 aliphatic heterocycles. The van der Waals surface area contributed by atoms with Gasteiger partial charge in [-0.15, -0.1) is 0 Å². The molecule has 0 saturated carbocycles. The molecule has 62 valence electrons. The Morgan fingerprint density at radius 2 is 1.36 bits per heavy atom. The van der Waals surface area contributed by atoms with Crippen LogP contribution in [0, 0.1) is 14.4 Å². The van der Waals surface area contributed by atoms with Gasteiger partial charge in [0, 0.05) is 27.1 Å². The second-order valence-corrected chi connectivity index (χ2v) is 2.03. The minimum Gasteiger partial charge on any atom is -0.508 e. The largest absolute Gasteiger partial charge is 0.508 e. The summed E-state index contributed by atoms with van der Waals surface area (Å²) in [6.07, 6.45) is 0. The maximum Gasteiger partial charge on any atom is 0.119 e. The minimum atomic E-state index is 0. The molecule has 0 fully saturated rings. The summed E-state index contributed by atoms with van der Waals surface area (Å²) in [5, 5.41) is 17.7. The third-order valence-electron chi connectivity index (χ3n) is 1.05. The smallest absolute Gasteiger partial charge is 0.119 e. The molecule has 0 aliphatic rings. The van der Waals surface area contributed by atoms with Crippen molar-refractivity contribution in [3.05, 3.63) is 31.2 Å². The van der Waals surface area contributed by atoms with E-state index in [2.05, 4.69) is 0 Å². The number of hydrogen-bond acceptors (Lipinski definition) is 2. The third kappa shape index (κ3) is 4.05. The third-order valence-corrected chi connectivity index (χ3v) is 1.05. The Labute approximate surface area is 81.1 Å². The van der Waals surface area contributed by atoms with Gasteiger partial charge in [-0.3, -0.25) is 0 Å². The van der Waals surface area contributed by atoms with E-state index in [1.165, 1.54) is 6.07 Å². The Balaban J connectivity index is 0. The maximum atomic E-state index is 8.83. The van der Waals surface area contributed by atoms with Gasteiger partial charge in [-0.25, -0.2) is 0 Å². The van der Waals surface area contributed by atoms with Gasteiger partial charge < -0.3 is 17.6 Å². The van der Waals surface area contributed by atoms with Crippen LogP contribution in [0.2, 0.25) is 0 Å². The summed E-state index contributed by atoms with van der Waals surface area (Å²) in [4.78, 5) is 0. The molecule has 2 nitrogen and oxygen atoms in total. The van der Waals surface area contributed by atoms with Crippen LogP contribution in [0.4, 0.5) is 0 Å². The number of hydrogen-bond donors (Lipinski definition) is 2. The van der Waals surface area contributed by atoms with Gasteiger partial charge in [0.05, 0.1) is 0 Å². The molecule has 3 heteroatoms. The summed E-state index contributed by atoms with van der Waals surface area (Å²) in [5.41, 5.74) is 0.854. The SMILES string of the molecule is Cc1cc(O)cc(O)c1.[CH3-].[W]. The number of phenolic OH excluding ortho intramolecular Hbond substituents is 2. The number of aromatic hydroxyl groups is 2. The van der Waals surface area contributed by atoms with E-state index in [4.69, 9.17) is 10.2 Å². The van der Waals surface area contributed by atoms with E-state index < -0.39 is 0 Å². The molecule has 0 heterocycles. The Kier molecular flexibility index (Phi) is 6.20. The van der Waals surface area contributed by atoms with Gasteiger partial charge in [0.1, 0.15) is 11.5 Å². The Morgan fingerprint density at radius 1 is 1.00 bits per heavy atom. The van der Waals surface area contributed by atoms with Gasteiger partial charge in [0.15, 0.2) is 0 Å². The van der Waals surface area contributed by atoms with Crippen LogP contribution in [-0.2, 0) is 21.1 Å². The monoisotopic (exact) mass is 323 g/mol. The Morgan fingerprint density at radius 3 is 1.64 bits per heavy atom. The molecule has 1 rings (SSSR count). The summed E-state index contributed by atoms with van der Waals surface area (Å²) in [7, 11) is 0. The standard InChI is InChI=1S/C7H8O2.CH3.W/c1-5-2-6(8)4-7(9)3-5;;/h2-4,8-9H,1H3;1H3;/q;-1;. The Hall–Kier alpha value is -0.492. The molecule has 0 atom stereocenters. The molecule has 0 bridgehead atoms. The van der Waals surface area contributed by atoms with Crippen molar-refractivity contribution in [3.63, 3.8) is 0 Å². The van der Waals surface area contributed by atoms with Crippen molar-refractivity contribution in [1.82, 2.24) is 0 Å². The number of rotatable bonds is 0. The molecule has 11 heavy (non-hydrogen) atoms. The van der Waals surface area contributed by atoms with Crippen LogP contribution in [0.25, 0.3) is 0 Å². The van der Waals surface area contributed by atoms with Gasteiger partial charge in [-0.1, -0.05) is 0 Å². The summed E-state index contributed by atoms with van der Waals surface area (Å²) in [6, 6.07) is 4.46. The van der Waals surface area contributed by atoms with Crippen LogP contribution in [-0.4, -0.2) is 10.2 Å². The van der Waals surface area contributed by atoms with Crippen molar-refractivity contribution in [3.8, 4) is 11.5 Å². The van der Waals surface area contributed by atoms with Crippen LogP contribution in [0.1, 0.15) is 5.56 Å². The minimum absolute atomic E-state index is 0. The van der Waals surface area contributed by atoms with Crippen molar-refractivity contribution in [2.45, 2.75) is 6.92 Å². The predicted molar refractivity (Wildman–Crippen MR) is 40.9 cm³/mol. The molecule has 1 aromatic carbocycles. The zero-order valence-electron chi connectivity index (χ0n) is 6.53. The second-order valence-electron chi connectivity index (χ2n) is 2.03. The molecular formula is C8H11O2W-. The van der Waals surface area contributed by atoms with E-state index in [1.807, 2.05) is 0 Å². The fourth-order valence-corrected chi connectivity index (χ4v) is 0.743. The molecule has 2 N–H and O–H groups in total. The van der Waals surface area contributed by atoms with Gasteiger partial charge in [-0.2, -0.15) is 0 Å². The first kappa shape index (κ1) is 13.1. The van der Waals surface area contributed by atoms with Crippen molar-refractivity contribution in [2.24, 2.45) is 0 Å². The van der Waals surface area contributed by atoms with Gasteiger partial charge in [-0.05, 0) is 24.6 Å². The van der Waals surface area contributed by atoms with E-state index in [0.717, 1.165) is 5.56 Å². The van der Waals surface area contributed by atoms with E-state index in [9.17, 15) is 0 Å². The summed E-state index contributed by atoms with van der Waals surface area (Å²) < 4.78 is 0. The molecule has 0 saturated heterocycles. The van der Waals surface area contributed by atoms with Gasteiger partial charge in [0.2, 0.25) is 0 Å². The molecule has 0 amide bonds. The predicted octanol–water partition coefficient (Wildman–Crippen LogP) is 1.85.